The minimum absolute atomic E-state index is 0.116. The molecule has 0 bridgehead atoms. The number of carbonyl (C=O) groups excluding carboxylic acids is 2. The Bertz CT molecular complexity index is 887. The van der Waals surface area contributed by atoms with Crippen LogP contribution in [0, 0.1) is 0 Å². The van der Waals surface area contributed by atoms with Gasteiger partial charge in [0, 0.05) is 37.2 Å². The topological polar surface area (TPSA) is 87.5 Å². The summed E-state index contributed by atoms with van der Waals surface area (Å²) in [5, 5.41) is 6.09. The smallest absolute Gasteiger partial charge is 0.277 e. The van der Waals surface area contributed by atoms with Crippen molar-refractivity contribution in [3.63, 3.8) is 0 Å². The van der Waals surface area contributed by atoms with Gasteiger partial charge in [0.15, 0.2) is 17.3 Å². The van der Waals surface area contributed by atoms with Crippen molar-refractivity contribution in [2.24, 2.45) is 0 Å². The van der Waals surface area contributed by atoms with Gasteiger partial charge in [-0.15, -0.1) is 0 Å². The first-order valence-corrected chi connectivity index (χ1v) is 9.65. The molecule has 2 aliphatic heterocycles. The summed E-state index contributed by atoms with van der Waals surface area (Å²) >= 11 is 0. The fourth-order valence-electron chi connectivity index (χ4n) is 3.62. The van der Waals surface area contributed by atoms with Crippen molar-refractivity contribution in [2.45, 2.75) is 25.7 Å². The maximum atomic E-state index is 13.0. The number of anilines is 1. The first kappa shape index (κ1) is 18.4. The number of nitrogens with one attached hydrogen (secondary N) is 2. The highest BCUT2D eigenvalue weighted by atomic mass is 16.4. The Morgan fingerprint density at radius 2 is 1.82 bits per heavy atom. The quantitative estimate of drug-likeness (QED) is 0.797. The van der Waals surface area contributed by atoms with Gasteiger partial charge in [0.25, 0.3) is 5.91 Å². The molecule has 0 saturated carbocycles. The molecule has 1 aromatic carbocycles. The number of benzene rings is 1. The third kappa shape index (κ3) is 3.84. The van der Waals surface area contributed by atoms with Gasteiger partial charge in [-0.3, -0.25) is 9.59 Å². The van der Waals surface area contributed by atoms with E-state index in [9.17, 15) is 9.59 Å². The zero-order valence-electron chi connectivity index (χ0n) is 15.9. The molecule has 3 heterocycles. The average Bonchev–Trinajstić information content (AvgIpc) is 3.39. The summed E-state index contributed by atoms with van der Waals surface area (Å²) < 4.78 is 6.15. The van der Waals surface area contributed by atoms with Gasteiger partial charge in [-0.05, 0) is 50.2 Å². The van der Waals surface area contributed by atoms with Crippen LogP contribution in [-0.4, -0.2) is 47.9 Å². The molecular formula is C21H24N4O3. The number of aromatic nitrogens is 1. The zero-order valence-corrected chi connectivity index (χ0v) is 15.9. The lowest BCUT2D eigenvalue weighted by Gasteiger charge is -2.19. The number of piperidine rings is 1. The monoisotopic (exact) mass is 380 g/mol. The summed E-state index contributed by atoms with van der Waals surface area (Å²) in [5.74, 6) is 1.11. The van der Waals surface area contributed by atoms with E-state index in [4.69, 9.17) is 4.42 Å². The maximum Gasteiger partial charge on any atom is 0.277 e. The van der Waals surface area contributed by atoms with Crippen molar-refractivity contribution in [3.8, 4) is 11.3 Å². The molecule has 2 amide bonds. The van der Waals surface area contributed by atoms with E-state index in [-0.39, 0.29) is 17.7 Å². The lowest BCUT2D eigenvalue weighted by Crippen LogP contribution is -2.29. The first-order chi connectivity index (χ1) is 13.6. The normalized spacial score (nSPS) is 17.1. The SMILES string of the molecule is CC(=O)Nc1ccc(-c2oc(C3CCNCC3)nc2C(=O)N2CC=CC2)cc1. The summed E-state index contributed by atoms with van der Waals surface area (Å²) in [6.07, 6.45) is 5.85. The van der Waals surface area contributed by atoms with Crippen molar-refractivity contribution < 1.29 is 14.0 Å². The first-order valence-electron chi connectivity index (χ1n) is 9.65. The van der Waals surface area contributed by atoms with E-state index in [0.717, 1.165) is 31.5 Å². The second-order valence-corrected chi connectivity index (χ2v) is 7.19. The molecule has 2 aliphatic rings. The highest BCUT2D eigenvalue weighted by Crippen LogP contribution is 2.33. The molecular weight excluding hydrogens is 356 g/mol. The predicted octanol–water partition coefficient (Wildman–Crippen LogP) is 2.78. The van der Waals surface area contributed by atoms with Crippen LogP contribution in [0.3, 0.4) is 0 Å². The van der Waals surface area contributed by atoms with Crippen LogP contribution in [0.15, 0.2) is 40.8 Å². The van der Waals surface area contributed by atoms with Gasteiger partial charge in [0.2, 0.25) is 5.91 Å². The zero-order chi connectivity index (χ0) is 19.5. The molecule has 2 N–H and O–H groups in total. The Kier molecular flexibility index (Phi) is 5.25. The number of oxazole rings is 1. The average molecular weight is 380 g/mol. The lowest BCUT2D eigenvalue weighted by molar-refractivity contribution is -0.114. The minimum Gasteiger partial charge on any atom is -0.440 e. The summed E-state index contributed by atoms with van der Waals surface area (Å²) in [6.45, 7) is 4.50. The lowest BCUT2D eigenvalue weighted by atomic mass is 9.98. The molecule has 146 valence electrons. The van der Waals surface area contributed by atoms with Gasteiger partial charge in [0.1, 0.15) is 0 Å². The molecule has 4 rings (SSSR count). The van der Waals surface area contributed by atoms with E-state index >= 15 is 0 Å². The van der Waals surface area contributed by atoms with E-state index < -0.39 is 0 Å². The molecule has 2 aromatic rings. The van der Waals surface area contributed by atoms with E-state index in [1.165, 1.54) is 6.92 Å². The van der Waals surface area contributed by atoms with Crippen LogP contribution in [0.2, 0.25) is 0 Å². The van der Waals surface area contributed by atoms with Gasteiger partial charge in [0.05, 0.1) is 0 Å². The van der Waals surface area contributed by atoms with Crippen LogP contribution in [0.25, 0.3) is 11.3 Å². The number of carbonyl (C=O) groups is 2. The second kappa shape index (κ2) is 7.98. The van der Waals surface area contributed by atoms with Crippen LogP contribution in [-0.2, 0) is 4.79 Å². The van der Waals surface area contributed by atoms with E-state index in [2.05, 4.69) is 15.6 Å². The molecule has 0 unspecified atom stereocenters. The number of rotatable bonds is 4. The largest absolute Gasteiger partial charge is 0.440 e. The van der Waals surface area contributed by atoms with Crippen LogP contribution in [0.4, 0.5) is 5.69 Å². The summed E-state index contributed by atoms with van der Waals surface area (Å²) in [5.41, 5.74) is 1.84. The Morgan fingerprint density at radius 1 is 1.14 bits per heavy atom. The molecule has 0 aliphatic carbocycles. The molecule has 28 heavy (non-hydrogen) atoms. The fourth-order valence-corrected chi connectivity index (χ4v) is 3.62. The molecule has 1 saturated heterocycles. The van der Waals surface area contributed by atoms with Gasteiger partial charge in [-0.1, -0.05) is 12.2 Å². The number of nitrogens with zero attached hydrogens (tertiary/aromatic N) is 2. The Labute approximate surface area is 163 Å². The summed E-state index contributed by atoms with van der Waals surface area (Å²) in [4.78, 5) is 30.7. The highest BCUT2D eigenvalue weighted by Gasteiger charge is 2.29. The van der Waals surface area contributed by atoms with E-state index in [1.807, 2.05) is 24.3 Å². The molecule has 7 heteroatoms. The number of amides is 2. The van der Waals surface area contributed by atoms with Crippen LogP contribution in [0.5, 0.6) is 0 Å². The van der Waals surface area contributed by atoms with Gasteiger partial charge in [-0.2, -0.15) is 0 Å². The molecule has 1 fully saturated rings. The molecule has 0 atom stereocenters. The predicted molar refractivity (Wildman–Crippen MR) is 106 cm³/mol. The standard InChI is InChI=1S/C21H24N4O3/c1-14(26)23-17-6-4-15(5-7-17)19-18(21(27)25-12-2-3-13-25)24-20(28-19)16-8-10-22-11-9-16/h2-7,16,22H,8-13H2,1H3,(H,23,26). The Hall–Kier alpha value is -2.93. The van der Waals surface area contributed by atoms with Crippen molar-refractivity contribution in [2.75, 3.05) is 31.5 Å². The third-order valence-electron chi connectivity index (χ3n) is 5.11. The summed E-state index contributed by atoms with van der Waals surface area (Å²) in [7, 11) is 0. The van der Waals surface area contributed by atoms with Crippen LogP contribution in [0.1, 0.15) is 42.1 Å². The van der Waals surface area contributed by atoms with Crippen LogP contribution < -0.4 is 10.6 Å². The van der Waals surface area contributed by atoms with Gasteiger partial charge < -0.3 is 20.0 Å². The van der Waals surface area contributed by atoms with Crippen molar-refractivity contribution >= 4 is 17.5 Å². The molecule has 7 nitrogen and oxygen atoms in total. The highest BCUT2D eigenvalue weighted by molar-refractivity contribution is 5.98. The molecule has 0 radical (unpaired) electrons. The van der Waals surface area contributed by atoms with Gasteiger partial charge in [-0.25, -0.2) is 4.98 Å². The minimum atomic E-state index is -0.127. The number of hydrogen-bond donors (Lipinski definition) is 2. The fraction of sp³-hybridized carbons (Fsp3) is 0.381. The number of hydrogen-bond acceptors (Lipinski definition) is 5. The second-order valence-electron chi connectivity index (χ2n) is 7.19. The van der Waals surface area contributed by atoms with E-state index in [0.29, 0.717) is 36.1 Å². The van der Waals surface area contributed by atoms with Crippen molar-refractivity contribution in [1.29, 1.82) is 0 Å². The Balaban J connectivity index is 1.68. The maximum absolute atomic E-state index is 13.0. The van der Waals surface area contributed by atoms with E-state index in [1.54, 1.807) is 17.0 Å². The van der Waals surface area contributed by atoms with Crippen molar-refractivity contribution in [3.05, 3.63) is 48.0 Å². The van der Waals surface area contributed by atoms with Gasteiger partial charge >= 0.3 is 0 Å². The molecule has 0 spiro atoms. The Morgan fingerprint density at radius 3 is 2.46 bits per heavy atom. The summed E-state index contributed by atoms with van der Waals surface area (Å²) in [6, 6.07) is 7.29. The molecule has 1 aromatic heterocycles. The van der Waals surface area contributed by atoms with Crippen LogP contribution >= 0.6 is 0 Å². The third-order valence-corrected chi connectivity index (χ3v) is 5.11. The van der Waals surface area contributed by atoms with Crippen molar-refractivity contribution in [1.82, 2.24) is 15.2 Å².